The molecule has 0 radical (unpaired) electrons. The van der Waals surface area contributed by atoms with Crippen LogP contribution in [-0.4, -0.2) is 30.2 Å². The van der Waals surface area contributed by atoms with Crippen LogP contribution in [0.15, 0.2) is 66.9 Å². The Kier molecular flexibility index (Phi) is 5.16. The Labute approximate surface area is 161 Å². The van der Waals surface area contributed by atoms with Crippen LogP contribution in [0.2, 0.25) is 0 Å². The second-order valence-corrected chi connectivity index (χ2v) is 6.92. The van der Waals surface area contributed by atoms with Gasteiger partial charge in [0.15, 0.2) is 11.5 Å². The van der Waals surface area contributed by atoms with E-state index in [9.17, 15) is 0 Å². The highest BCUT2D eigenvalue weighted by Crippen LogP contribution is 2.36. The molecule has 4 heteroatoms. The number of aromatic nitrogens is 1. The van der Waals surface area contributed by atoms with Gasteiger partial charge in [-0.3, -0.25) is 4.90 Å². The summed E-state index contributed by atoms with van der Waals surface area (Å²) in [5.74, 6) is 1.61. The van der Waals surface area contributed by atoms with Gasteiger partial charge in [0, 0.05) is 37.1 Å². The monoisotopic (exact) mass is 362 g/mol. The second-order valence-electron chi connectivity index (χ2n) is 6.92. The van der Waals surface area contributed by atoms with Crippen LogP contribution in [0.1, 0.15) is 29.3 Å². The average Bonchev–Trinajstić information content (AvgIpc) is 3.09. The fourth-order valence-electron chi connectivity index (χ4n) is 4.12. The smallest absolute Gasteiger partial charge is 0.165 e. The summed E-state index contributed by atoms with van der Waals surface area (Å²) in [6, 6.07) is 21.5. The number of methoxy groups -OCH3 is 2. The van der Waals surface area contributed by atoms with E-state index in [1.54, 1.807) is 14.2 Å². The number of ether oxygens (including phenoxy) is 2. The number of hydrogen-bond donors (Lipinski definition) is 0. The molecule has 0 bridgehead atoms. The zero-order chi connectivity index (χ0) is 18.6. The summed E-state index contributed by atoms with van der Waals surface area (Å²) in [6.07, 6.45) is 3.32. The van der Waals surface area contributed by atoms with Gasteiger partial charge in [-0.15, -0.1) is 0 Å². The first-order chi connectivity index (χ1) is 13.3. The maximum absolute atomic E-state index is 5.68. The van der Waals surface area contributed by atoms with Gasteiger partial charge in [0.25, 0.3) is 0 Å². The predicted molar refractivity (Wildman–Crippen MR) is 107 cm³/mol. The highest BCUT2D eigenvalue weighted by Gasteiger charge is 2.28. The molecule has 140 valence electrons. The topological polar surface area (TPSA) is 26.6 Å². The maximum Gasteiger partial charge on any atom is 0.165 e. The van der Waals surface area contributed by atoms with Crippen LogP contribution in [0.4, 0.5) is 0 Å². The van der Waals surface area contributed by atoms with Crippen molar-refractivity contribution in [3.63, 3.8) is 0 Å². The molecule has 1 atom stereocenters. The first-order valence-electron chi connectivity index (χ1n) is 9.45. The van der Waals surface area contributed by atoms with E-state index < -0.39 is 0 Å². The first kappa shape index (κ1) is 17.7. The standard InChI is InChI=1S/C23H26N2O2/c1-26-21-13-6-11-19(23(21)27-2)17-25-16-8-15-24-14-7-12-20(24)22(25)18-9-4-3-5-10-18/h3-7,9-14,22H,8,15-17H2,1-2H3/t22-/m0/s1. The summed E-state index contributed by atoms with van der Waals surface area (Å²) in [4.78, 5) is 2.55. The molecule has 2 aromatic carbocycles. The van der Waals surface area contributed by atoms with Gasteiger partial charge in [-0.1, -0.05) is 42.5 Å². The lowest BCUT2D eigenvalue weighted by Gasteiger charge is -2.31. The summed E-state index contributed by atoms with van der Waals surface area (Å²) in [7, 11) is 3.40. The Bertz CT molecular complexity index is 888. The number of hydrogen-bond acceptors (Lipinski definition) is 3. The number of rotatable bonds is 5. The number of nitrogens with zero attached hydrogens (tertiary/aromatic N) is 2. The number of aryl methyl sites for hydroxylation is 1. The van der Waals surface area contributed by atoms with Crippen molar-refractivity contribution in [2.75, 3.05) is 20.8 Å². The molecule has 4 rings (SSSR count). The van der Waals surface area contributed by atoms with Crippen molar-refractivity contribution in [3.8, 4) is 11.5 Å². The van der Waals surface area contributed by atoms with Crippen molar-refractivity contribution < 1.29 is 9.47 Å². The first-order valence-corrected chi connectivity index (χ1v) is 9.45. The van der Waals surface area contributed by atoms with Crippen molar-refractivity contribution in [2.24, 2.45) is 0 Å². The molecule has 3 aromatic rings. The van der Waals surface area contributed by atoms with Crippen molar-refractivity contribution in [1.29, 1.82) is 0 Å². The normalized spacial score (nSPS) is 17.2. The van der Waals surface area contributed by atoms with Gasteiger partial charge in [-0.25, -0.2) is 0 Å². The van der Waals surface area contributed by atoms with E-state index in [1.807, 2.05) is 12.1 Å². The van der Waals surface area contributed by atoms with Gasteiger partial charge in [0.05, 0.1) is 20.3 Å². The van der Waals surface area contributed by atoms with Crippen LogP contribution in [-0.2, 0) is 13.1 Å². The number of benzene rings is 2. The molecule has 1 aliphatic rings. The third kappa shape index (κ3) is 3.45. The summed E-state index contributed by atoms with van der Waals surface area (Å²) < 4.78 is 13.6. The Morgan fingerprint density at radius 2 is 1.74 bits per heavy atom. The molecular weight excluding hydrogens is 336 g/mol. The second kappa shape index (κ2) is 7.89. The van der Waals surface area contributed by atoms with Crippen LogP contribution in [0.3, 0.4) is 0 Å². The van der Waals surface area contributed by atoms with E-state index in [0.29, 0.717) is 0 Å². The van der Waals surface area contributed by atoms with Crippen LogP contribution >= 0.6 is 0 Å². The molecule has 27 heavy (non-hydrogen) atoms. The lowest BCUT2D eigenvalue weighted by molar-refractivity contribution is 0.216. The van der Waals surface area contributed by atoms with Crippen LogP contribution in [0.25, 0.3) is 0 Å². The van der Waals surface area contributed by atoms with Gasteiger partial charge in [-0.2, -0.15) is 0 Å². The fraction of sp³-hybridized carbons (Fsp3) is 0.304. The molecule has 0 fully saturated rings. The molecule has 0 amide bonds. The number of fused-ring (bicyclic) bond motifs is 1. The van der Waals surface area contributed by atoms with Gasteiger partial charge in [0.1, 0.15) is 0 Å². The van der Waals surface area contributed by atoms with Gasteiger partial charge in [-0.05, 0) is 30.2 Å². The molecule has 0 aliphatic carbocycles. The molecule has 0 unspecified atom stereocenters. The van der Waals surface area contributed by atoms with Crippen LogP contribution in [0, 0.1) is 0 Å². The molecule has 1 aromatic heterocycles. The summed E-state index contributed by atoms with van der Waals surface area (Å²) in [5.41, 5.74) is 3.82. The molecule has 1 aliphatic heterocycles. The van der Waals surface area contributed by atoms with Gasteiger partial charge >= 0.3 is 0 Å². The van der Waals surface area contributed by atoms with E-state index in [0.717, 1.165) is 43.1 Å². The van der Waals surface area contributed by atoms with E-state index in [1.165, 1.54) is 11.3 Å². The summed E-state index contributed by atoms with van der Waals surface area (Å²) in [6.45, 7) is 2.89. The molecule has 0 saturated heterocycles. The molecule has 0 spiro atoms. The Morgan fingerprint density at radius 3 is 2.52 bits per heavy atom. The Morgan fingerprint density at radius 1 is 0.889 bits per heavy atom. The van der Waals surface area contributed by atoms with Crippen LogP contribution in [0.5, 0.6) is 11.5 Å². The zero-order valence-corrected chi connectivity index (χ0v) is 16.0. The molecule has 0 saturated carbocycles. The lowest BCUT2D eigenvalue weighted by atomic mass is 10.0. The van der Waals surface area contributed by atoms with Crippen molar-refractivity contribution in [1.82, 2.24) is 9.47 Å². The zero-order valence-electron chi connectivity index (χ0n) is 16.0. The maximum atomic E-state index is 5.68. The third-order valence-electron chi connectivity index (χ3n) is 5.33. The van der Waals surface area contributed by atoms with Crippen molar-refractivity contribution in [3.05, 3.63) is 83.7 Å². The molecule has 2 heterocycles. The highest BCUT2D eigenvalue weighted by atomic mass is 16.5. The SMILES string of the molecule is COc1cccc(CN2CCCn3cccc3[C@@H]2c2ccccc2)c1OC. The minimum Gasteiger partial charge on any atom is -0.493 e. The van der Waals surface area contributed by atoms with Crippen molar-refractivity contribution >= 4 is 0 Å². The Hall–Kier alpha value is -2.72. The highest BCUT2D eigenvalue weighted by molar-refractivity contribution is 5.46. The summed E-state index contributed by atoms with van der Waals surface area (Å²) >= 11 is 0. The quantitative estimate of drug-likeness (QED) is 0.668. The predicted octanol–water partition coefficient (Wildman–Crippen LogP) is 4.50. The van der Waals surface area contributed by atoms with Crippen molar-refractivity contribution in [2.45, 2.75) is 25.6 Å². The van der Waals surface area contributed by atoms with E-state index >= 15 is 0 Å². The van der Waals surface area contributed by atoms with Crippen LogP contribution < -0.4 is 9.47 Å². The van der Waals surface area contributed by atoms with E-state index in [2.05, 4.69) is 64.2 Å². The van der Waals surface area contributed by atoms with Gasteiger partial charge in [0.2, 0.25) is 0 Å². The molecular formula is C23H26N2O2. The largest absolute Gasteiger partial charge is 0.493 e. The third-order valence-corrected chi connectivity index (χ3v) is 5.33. The Balaban J connectivity index is 1.75. The number of para-hydroxylation sites is 1. The summed E-state index contributed by atoms with van der Waals surface area (Å²) in [5, 5.41) is 0. The van der Waals surface area contributed by atoms with E-state index in [4.69, 9.17) is 9.47 Å². The lowest BCUT2D eigenvalue weighted by Crippen LogP contribution is -2.29. The fourth-order valence-corrected chi connectivity index (χ4v) is 4.12. The average molecular weight is 362 g/mol. The minimum atomic E-state index is 0.222. The van der Waals surface area contributed by atoms with Gasteiger partial charge < -0.3 is 14.0 Å². The molecule has 4 nitrogen and oxygen atoms in total. The van der Waals surface area contributed by atoms with E-state index in [-0.39, 0.29) is 6.04 Å². The minimum absolute atomic E-state index is 0.222. The molecule has 0 N–H and O–H groups in total.